The Bertz CT molecular complexity index is 478. The fourth-order valence-electron chi connectivity index (χ4n) is 1.64. The molecule has 23 heavy (non-hydrogen) atoms. The molecule has 0 aromatic heterocycles. The van der Waals surface area contributed by atoms with Crippen LogP contribution in [0.5, 0.6) is 5.75 Å². The van der Waals surface area contributed by atoms with Crippen molar-refractivity contribution in [1.29, 1.82) is 0 Å². The highest BCUT2D eigenvalue weighted by Gasteiger charge is 1.99. The molecule has 7 heteroatoms. The summed E-state index contributed by atoms with van der Waals surface area (Å²) in [6.45, 7) is 3.27. The van der Waals surface area contributed by atoms with Crippen LogP contribution in [0.1, 0.15) is 18.9 Å². The van der Waals surface area contributed by atoms with Crippen molar-refractivity contribution < 1.29 is 9.66 Å². The molecule has 0 atom stereocenters. The maximum absolute atomic E-state index is 10.3. The number of benzene rings is 1. The summed E-state index contributed by atoms with van der Waals surface area (Å²) in [4.78, 5) is 9.83. The molecule has 0 aliphatic carbocycles. The molecule has 130 valence electrons. The van der Waals surface area contributed by atoms with Crippen LogP contribution in [0.2, 0.25) is 0 Å². The van der Waals surface area contributed by atoms with Gasteiger partial charge in [0.2, 0.25) is 0 Å². The van der Waals surface area contributed by atoms with E-state index in [1.54, 1.807) is 7.05 Å². The number of rotatable bonds is 9. The predicted octanol–water partition coefficient (Wildman–Crippen LogP) is 1.74. The zero-order valence-electron chi connectivity index (χ0n) is 14.4. The van der Waals surface area contributed by atoms with Gasteiger partial charge in [-0.25, -0.2) is 0 Å². The number of nitro groups is 1. The van der Waals surface area contributed by atoms with Gasteiger partial charge < -0.3 is 20.7 Å². The Balaban J connectivity index is 0.00000149. The first-order chi connectivity index (χ1) is 11.1. The summed E-state index contributed by atoms with van der Waals surface area (Å²) in [5.74, 6) is 1.25. The van der Waals surface area contributed by atoms with E-state index < -0.39 is 4.92 Å². The first-order valence-corrected chi connectivity index (χ1v) is 7.64. The van der Waals surface area contributed by atoms with Crippen molar-refractivity contribution in [2.24, 2.45) is 0 Å². The lowest BCUT2D eigenvalue weighted by molar-refractivity contribution is -0.404. The second-order valence-electron chi connectivity index (χ2n) is 4.71. The van der Waals surface area contributed by atoms with Crippen molar-refractivity contribution in [3.63, 3.8) is 0 Å². The fourth-order valence-corrected chi connectivity index (χ4v) is 1.64. The van der Waals surface area contributed by atoms with Crippen LogP contribution in [0.25, 0.3) is 0 Å². The molecule has 0 radical (unpaired) electrons. The quantitative estimate of drug-likeness (QED) is 0.364. The van der Waals surface area contributed by atoms with Crippen molar-refractivity contribution >= 4 is 0 Å². The summed E-state index contributed by atoms with van der Waals surface area (Å²) in [6, 6.07) is 8.00. The summed E-state index contributed by atoms with van der Waals surface area (Å²) in [5.41, 5.74) is 1.24. The van der Waals surface area contributed by atoms with Crippen LogP contribution in [-0.2, 0) is 6.42 Å². The first kappa shape index (κ1) is 20.7. The summed E-state index contributed by atoms with van der Waals surface area (Å²) in [5, 5.41) is 18.7. The van der Waals surface area contributed by atoms with E-state index in [0.717, 1.165) is 24.8 Å². The molecule has 0 unspecified atom stereocenters. The fraction of sp³-hybridized carbons (Fsp3) is 0.500. The first-order valence-electron chi connectivity index (χ1n) is 7.64. The maximum atomic E-state index is 10.3. The van der Waals surface area contributed by atoms with Gasteiger partial charge in [-0.2, -0.15) is 0 Å². The summed E-state index contributed by atoms with van der Waals surface area (Å²) < 4.78 is 5.63. The molecule has 0 fully saturated rings. The molecule has 3 N–H and O–H groups in total. The summed E-state index contributed by atoms with van der Waals surface area (Å²) in [6.07, 6.45) is 2.65. The largest absolute Gasteiger partial charge is 0.494 e. The lowest BCUT2D eigenvalue weighted by Crippen LogP contribution is -2.26. The molecule has 0 aliphatic rings. The van der Waals surface area contributed by atoms with Crippen LogP contribution in [-0.4, -0.2) is 39.2 Å². The van der Waals surface area contributed by atoms with E-state index in [-0.39, 0.29) is 0 Å². The minimum atomic E-state index is -0.494. The monoisotopic (exact) mass is 324 g/mol. The van der Waals surface area contributed by atoms with Crippen LogP contribution >= 0.6 is 0 Å². The van der Waals surface area contributed by atoms with Gasteiger partial charge in [0.15, 0.2) is 5.82 Å². The molecule has 0 saturated heterocycles. The van der Waals surface area contributed by atoms with Crippen molar-refractivity contribution in [2.75, 3.05) is 34.3 Å². The molecular weight excluding hydrogens is 296 g/mol. The van der Waals surface area contributed by atoms with Crippen molar-refractivity contribution in [2.45, 2.75) is 19.8 Å². The van der Waals surface area contributed by atoms with Gasteiger partial charge in [0, 0.05) is 13.6 Å². The highest BCUT2D eigenvalue weighted by molar-refractivity contribution is 5.28. The number of nitrogens with one attached hydrogen (secondary N) is 3. The van der Waals surface area contributed by atoms with E-state index in [9.17, 15) is 10.1 Å². The highest BCUT2D eigenvalue weighted by atomic mass is 16.6. The van der Waals surface area contributed by atoms with E-state index in [2.05, 4.69) is 28.9 Å². The lowest BCUT2D eigenvalue weighted by Gasteiger charge is -2.09. The SMILES string of the molecule is CCc1cccc(OCCCNC(=C[N+](=O)[O-])NC)c1.CNC. The lowest BCUT2D eigenvalue weighted by atomic mass is 10.2. The van der Waals surface area contributed by atoms with Gasteiger partial charge in [0.05, 0.1) is 11.5 Å². The Hall–Kier alpha value is -2.28. The Morgan fingerprint density at radius 2 is 2.04 bits per heavy atom. The van der Waals surface area contributed by atoms with E-state index in [1.807, 2.05) is 32.3 Å². The third-order valence-corrected chi connectivity index (χ3v) is 2.72. The molecule has 0 amide bonds. The molecule has 1 rings (SSSR count). The minimum Gasteiger partial charge on any atom is -0.494 e. The Labute approximate surface area is 138 Å². The molecule has 7 nitrogen and oxygen atoms in total. The van der Waals surface area contributed by atoms with Crippen molar-refractivity contribution in [3.05, 3.63) is 52.0 Å². The van der Waals surface area contributed by atoms with Gasteiger partial charge >= 0.3 is 0 Å². The topological polar surface area (TPSA) is 88.5 Å². The zero-order valence-corrected chi connectivity index (χ0v) is 14.4. The van der Waals surface area contributed by atoms with E-state index >= 15 is 0 Å². The van der Waals surface area contributed by atoms with Crippen molar-refractivity contribution in [1.82, 2.24) is 16.0 Å². The second-order valence-corrected chi connectivity index (χ2v) is 4.71. The minimum absolute atomic E-state index is 0.392. The smallest absolute Gasteiger partial charge is 0.274 e. The summed E-state index contributed by atoms with van der Waals surface area (Å²) >= 11 is 0. The zero-order chi connectivity index (χ0) is 17.5. The average molecular weight is 324 g/mol. The number of ether oxygens (including phenoxy) is 1. The number of nitrogens with zero attached hydrogens (tertiary/aromatic N) is 1. The molecule has 0 bridgehead atoms. The third kappa shape index (κ3) is 11.0. The summed E-state index contributed by atoms with van der Waals surface area (Å²) in [7, 11) is 5.38. The Morgan fingerprint density at radius 1 is 1.35 bits per heavy atom. The van der Waals surface area contributed by atoms with Gasteiger partial charge in [-0.15, -0.1) is 0 Å². The second kappa shape index (κ2) is 13.4. The maximum Gasteiger partial charge on any atom is 0.274 e. The third-order valence-electron chi connectivity index (χ3n) is 2.72. The molecule has 0 spiro atoms. The highest BCUT2D eigenvalue weighted by Crippen LogP contribution is 2.13. The molecular formula is C16H28N4O3. The predicted molar refractivity (Wildman–Crippen MR) is 93.1 cm³/mol. The molecule has 1 aromatic rings. The average Bonchev–Trinajstić information content (AvgIpc) is 2.54. The van der Waals surface area contributed by atoms with Gasteiger partial charge in [-0.05, 0) is 44.6 Å². The van der Waals surface area contributed by atoms with Gasteiger partial charge in [0.1, 0.15) is 5.75 Å². The molecule has 0 saturated carbocycles. The van der Waals surface area contributed by atoms with Gasteiger partial charge in [-0.1, -0.05) is 19.1 Å². The molecule has 0 heterocycles. The van der Waals surface area contributed by atoms with Crippen molar-refractivity contribution in [3.8, 4) is 5.75 Å². The normalized spacial score (nSPS) is 10.3. The Morgan fingerprint density at radius 3 is 2.61 bits per heavy atom. The molecule has 0 aliphatic heterocycles. The van der Waals surface area contributed by atoms with Crippen LogP contribution in [0.4, 0.5) is 0 Å². The van der Waals surface area contributed by atoms with Gasteiger partial charge in [-0.3, -0.25) is 10.1 Å². The van der Waals surface area contributed by atoms with E-state index in [1.165, 1.54) is 5.56 Å². The molecule has 1 aromatic carbocycles. The Kier molecular flexibility index (Phi) is 12.1. The number of hydrogen-bond acceptors (Lipinski definition) is 6. The van der Waals surface area contributed by atoms with Gasteiger partial charge in [0.25, 0.3) is 6.20 Å². The number of aryl methyl sites for hydroxylation is 1. The standard InChI is InChI=1S/C14H21N3O3.C2H7N/c1-3-12-6-4-7-13(10-12)20-9-5-8-16-14(15-2)11-17(18)19;1-3-2/h4,6-7,10-11,15-16H,3,5,8-9H2,1-2H3;3H,1-2H3. The van der Waals surface area contributed by atoms with Crippen LogP contribution in [0.3, 0.4) is 0 Å². The van der Waals surface area contributed by atoms with E-state index in [4.69, 9.17) is 4.74 Å². The van der Waals surface area contributed by atoms with E-state index in [0.29, 0.717) is 19.0 Å². The van der Waals surface area contributed by atoms with Crippen LogP contribution < -0.4 is 20.7 Å². The van der Waals surface area contributed by atoms with Crippen LogP contribution in [0.15, 0.2) is 36.3 Å². The number of hydrogen-bond donors (Lipinski definition) is 3. The van der Waals surface area contributed by atoms with Crippen LogP contribution in [0, 0.1) is 10.1 Å².